The number of rotatable bonds is 3. The molecule has 0 aliphatic carbocycles. The molecule has 1 rings (SSSR count). The molecule has 1 aromatic carbocycles. The molecule has 1 aromatic rings. The summed E-state index contributed by atoms with van der Waals surface area (Å²) in [5, 5.41) is 18.8. The van der Waals surface area contributed by atoms with E-state index in [1.165, 1.54) is 6.07 Å². The molecule has 4 heteroatoms. The molecule has 0 aliphatic rings. The lowest BCUT2D eigenvalue weighted by Crippen LogP contribution is -1.99. The summed E-state index contributed by atoms with van der Waals surface area (Å²) >= 11 is 0. The van der Waals surface area contributed by atoms with Crippen molar-refractivity contribution in [3.8, 4) is 17.2 Å². The molecule has 0 aliphatic heterocycles. The van der Waals surface area contributed by atoms with Gasteiger partial charge in [-0.1, -0.05) is 0 Å². The van der Waals surface area contributed by atoms with Crippen LogP contribution in [0.2, 0.25) is 0 Å². The van der Waals surface area contributed by atoms with Gasteiger partial charge in [0.1, 0.15) is 5.75 Å². The predicted molar refractivity (Wildman–Crippen MR) is 51.5 cm³/mol. The fourth-order valence-electron chi connectivity index (χ4n) is 1.08. The molecule has 0 atom stereocenters. The average Bonchev–Trinajstić information content (AvgIpc) is 2.14. The molecule has 2 N–H and O–H groups in total. The number of hydrogen-bond acceptors (Lipinski definition) is 4. The van der Waals surface area contributed by atoms with Crippen LogP contribution in [0.4, 0.5) is 0 Å². The summed E-state index contributed by atoms with van der Waals surface area (Å²) in [5.41, 5.74) is 1.33. The van der Waals surface area contributed by atoms with Crippen molar-refractivity contribution >= 4 is 0 Å². The topological polar surface area (TPSA) is 58.9 Å². The molecular formula is C10H14O4. The molecule has 0 spiro atoms. The minimum Gasteiger partial charge on any atom is -0.508 e. The Morgan fingerprint density at radius 2 is 1.79 bits per heavy atom. The van der Waals surface area contributed by atoms with Gasteiger partial charge in [0.2, 0.25) is 5.75 Å². The molecule has 0 amide bonds. The Bertz CT molecular complexity index is 333. The maximum atomic E-state index is 9.46. The third kappa shape index (κ3) is 1.90. The summed E-state index contributed by atoms with van der Waals surface area (Å²) in [5.74, 6) is 0.171. The summed E-state index contributed by atoms with van der Waals surface area (Å²) in [6, 6.07) is 1.23. The Kier molecular flexibility index (Phi) is 3.19. The summed E-state index contributed by atoms with van der Waals surface area (Å²) in [6.07, 6.45) is 0. The highest BCUT2D eigenvalue weighted by atomic mass is 17.2. The quantitative estimate of drug-likeness (QED) is 0.576. The van der Waals surface area contributed by atoms with E-state index >= 15 is 0 Å². The van der Waals surface area contributed by atoms with Crippen molar-refractivity contribution < 1.29 is 20.0 Å². The normalized spacial score (nSPS) is 10.2. The fourth-order valence-corrected chi connectivity index (χ4v) is 1.08. The molecule has 0 aromatic heterocycles. The Morgan fingerprint density at radius 1 is 1.14 bits per heavy atom. The van der Waals surface area contributed by atoms with Gasteiger partial charge in [-0.15, -0.1) is 0 Å². The smallest absolute Gasteiger partial charge is 0.210 e. The van der Waals surface area contributed by atoms with Gasteiger partial charge in [-0.25, -0.2) is 0 Å². The zero-order valence-electron chi connectivity index (χ0n) is 8.50. The lowest BCUT2D eigenvalue weighted by Gasteiger charge is -2.11. The Morgan fingerprint density at radius 3 is 2.36 bits per heavy atom. The number of phenolic OH excluding ortho intramolecular Hbond substituents is 2. The molecule has 78 valence electrons. The first-order valence-corrected chi connectivity index (χ1v) is 4.39. The van der Waals surface area contributed by atoms with Crippen molar-refractivity contribution in [3.05, 3.63) is 17.2 Å². The minimum atomic E-state index is -0.126. The van der Waals surface area contributed by atoms with Crippen LogP contribution in [0.3, 0.4) is 0 Å². The predicted octanol–water partition coefficient (Wildman–Crippen LogP) is 2.04. The van der Waals surface area contributed by atoms with E-state index in [1.54, 1.807) is 20.8 Å². The first kappa shape index (κ1) is 10.7. The minimum absolute atomic E-state index is 0.0452. The summed E-state index contributed by atoms with van der Waals surface area (Å²) in [6.45, 7) is 5.64. The van der Waals surface area contributed by atoms with Crippen LogP contribution in [0.5, 0.6) is 17.2 Å². The van der Waals surface area contributed by atoms with E-state index in [4.69, 9.17) is 9.78 Å². The van der Waals surface area contributed by atoms with Gasteiger partial charge in [0.25, 0.3) is 0 Å². The molecule has 0 fully saturated rings. The van der Waals surface area contributed by atoms with Gasteiger partial charge in [0.05, 0.1) is 6.61 Å². The highest BCUT2D eigenvalue weighted by molar-refractivity contribution is 5.54. The second-order valence-electron chi connectivity index (χ2n) is 2.98. The van der Waals surface area contributed by atoms with Gasteiger partial charge in [0.15, 0.2) is 5.75 Å². The zero-order valence-corrected chi connectivity index (χ0v) is 8.50. The lowest BCUT2D eigenvalue weighted by atomic mass is 10.1. The van der Waals surface area contributed by atoms with Crippen molar-refractivity contribution in [2.24, 2.45) is 0 Å². The fraction of sp³-hybridized carbons (Fsp3) is 0.400. The van der Waals surface area contributed by atoms with Crippen LogP contribution < -0.4 is 4.89 Å². The van der Waals surface area contributed by atoms with Crippen molar-refractivity contribution in [2.45, 2.75) is 20.8 Å². The number of aromatic hydroxyl groups is 2. The van der Waals surface area contributed by atoms with Crippen LogP contribution in [-0.2, 0) is 4.89 Å². The van der Waals surface area contributed by atoms with Gasteiger partial charge in [-0.05, 0) is 26.3 Å². The van der Waals surface area contributed by atoms with Crippen LogP contribution in [0, 0.1) is 13.8 Å². The van der Waals surface area contributed by atoms with Gasteiger partial charge < -0.3 is 15.1 Å². The zero-order chi connectivity index (χ0) is 10.7. The van der Waals surface area contributed by atoms with Crippen LogP contribution in [-0.4, -0.2) is 16.8 Å². The number of phenols is 2. The van der Waals surface area contributed by atoms with Crippen molar-refractivity contribution in [3.63, 3.8) is 0 Å². The highest BCUT2D eigenvalue weighted by Gasteiger charge is 2.13. The highest BCUT2D eigenvalue weighted by Crippen LogP contribution is 2.37. The Hall–Kier alpha value is -1.42. The number of hydrogen-bond donors (Lipinski definition) is 2. The average molecular weight is 198 g/mol. The van der Waals surface area contributed by atoms with Crippen LogP contribution in [0.15, 0.2) is 6.07 Å². The van der Waals surface area contributed by atoms with E-state index in [9.17, 15) is 10.2 Å². The van der Waals surface area contributed by atoms with Crippen LogP contribution in [0.1, 0.15) is 18.1 Å². The maximum Gasteiger partial charge on any atom is 0.210 e. The molecule has 0 unspecified atom stereocenters. The summed E-state index contributed by atoms with van der Waals surface area (Å²) in [7, 11) is 0. The van der Waals surface area contributed by atoms with Crippen molar-refractivity contribution in [1.29, 1.82) is 0 Å². The second kappa shape index (κ2) is 4.19. The van der Waals surface area contributed by atoms with Crippen LogP contribution >= 0.6 is 0 Å². The van der Waals surface area contributed by atoms with Gasteiger partial charge in [-0.2, -0.15) is 4.89 Å². The lowest BCUT2D eigenvalue weighted by molar-refractivity contribution is -0.203. The van der Waals surface area contributed by atoms with E-state index in [0.717, 1.165) is 0 Å². The summed E-state index contributed by atoms with van der Waals surface area (Å²) in [4.78, 5) is 9.63. The van der Waals surface area contributed by atoms with Crippen LogP contribution in [0.25, 0.3) is 0 Å². The molecule has 4 nitrogen and oxygen atoms in total. The molecule has 0 heterocycles. The number of benzene rings is 1. The van der Waals surface area contributed by atoms with Gasteiger partial charge in [-0.3, -0.25) is 0 Å². The van der Waals surface area contributed by atoms with Crippen molar-refractivity contribution in [1.82, 2.24) is 0 Å². The Balaban J connectivity index is 3.09. The molecule has 0 radical (unpaired) electrons. The molecule has 14 heavy (non-hydrogen) atoms. The standard InChI is InChI=1S/C10H14O4/c1-4-13-14-10-7(3)6(2)8(11)5-9(10)12/h5,11-12H,4H2,1-3H3. The monoisotopic (exact) mass is 198 g/mol. The molecule has 0 saturated heterocycles. The van der Waals surface area contributed by atoms with Gasteiger partial charge >= 0.3 is 0 Å². The maximum absolute atomic E-state index is 9.46. The van der Waals surface area contributed by atoms with E-state index in [0.29, 0.717) is 17.7 Å². The first-order valence-electron chi connectivity index (χ1n) is 4.39. The SMILES string of the molecule is CCOOc1c(O)cc(O)c(C)c1C. The Labute approximate surface area is 82.6 Å². The summed E-state index contributed by atoms with van der Waals surface area (Å²) < 4.78 is 0. The van der Waals surface area contributed by atoms with Gasteiger partial charge in [0, 0.05) is 11.6 Å². The largest absolute Gasteiger partial charge is 0.508 e. The van der Waals surface area contributed by atoms with E-state index < -0.39 is 0 Å². The molecular weight excluding hydrogens is 184 g/mol. The van der Waals surface area contributed by atoms with E-state index in [-0.39, 0.29) is 17.2 Å². The first-order chi connectivity index (χ1) is 6.57. The van der Waals surface area contributed by atoms with E-state index in [1.807, 2.05) is 0 Å². The third-order valence-corrected chi connectivity index (χ3v) is 2.05. The molecule has 0 saturated carbocycles. The molecule has 0 bridgehead atoms. The second-order valence-corrected chi connectivity index (χ2v) is 2.98. The van der Waals surface area contributed by atoms with Crippen molar-refractivity contribution in [2.75, 3.05) is 6.61 Å². The van der Waals surface area contributed by atoms with E-state index in [2.05, 4.69) is 0 Å². The third-order valence-electron chi connectivity index (χ3n) is 2.05.